The first-order valence-corrected chi connectivity index (χ1v) is 5.05. The Hall–Kier alpha value is -1.36. The van der Waals surface area contributed by atoms with Gasteiger partial charge in [0.25, 0.3) is 6.43 Å². The molecule has 0 unspecified atom stereocenters. The maximum absolute atomic E-state index is 12.4. The second kappa shape index (κ2) is 5.65. The second-order valence-electron chi connectivity index (χ2n) is 3.57. The molecule has 0 atom stereocenters. The summed E-state index contributed by atoms with van der Waals surface area (Å²) in [5.74, 6) is 0. The molecule has 1 aromatic carbocycles. The minimum atomic E-state index is -2.45. The van der Waals surface area contributed by atoms with Crippen molar-refractivity contribution in [2.24, 2.45) is 0 Å². The first kappa shape index (κ1) is 12.7. The number of alkyl halides is 2. The standard InChI is InChI=1S/C11H16F2N2O/c1-8-3-2-4-9(14)11(8)15(5-6-16)7-10(12)13/h2-4,10,16H,5-7,14H2,1H3. The third-order valence-electron chi connectivity index (χ3n) is 2.31. The first-order chi connectivity index (χ1) is 7.56. The molecule has 0 radical (unpaired) electrons. The molecule has 3 N–H and O–H groups in total. The first-order valence-electron chi connectivity index (χ1n) is 5.05. The smallest absolute Gasteiger partial charge is 0.255 e. The predicted octanol–water partition coefficient (Wildman–Crippen LogP) is 1.64. The average molecular weight is 230 g/mol. The van der Waals surface area contributed by atoms with Gasteiger partial charge in [0.05, 0.1) is 24.5 Å². The number of aryl methyl sites for hydroxylation is 1. The van der Waals surface area contributed by atoms with Gasteiger partial charge in [0.15, 0.2) is 0 Å². The molecule has 1 rings (SSSR count). The highest BCUT2D eigenvalue weighted by atomic mass is 19.3. The van der Waals surface area contributed by atoms with E-state index >= 15 is 0 Å². The van der Waals surface area contributed by atoms with Crippen molar-refractivity contribution in [3.63, 3.8) is 0 Å². The van der Waals surface area contributed by atoms with Crippen molar-refractivity contribution >= 4 is 11.4 Å². The Morgan fingerprint density at radius 1 is 1.44 bits per heavy atom. The summed E-state index contributed by atoms with van der Waals surface area (Å²) in [6, 6.07) is 5.24. The number of nitrogens with two attached hydrogens (primary N) is 1. The summed E-state index contributed by atoms with van der Waals surface area (Å²) in [7, 11) is 0. The number of aliphatic hydroxyl groups excluding tert-OH is 1. The maximum Gasteiger partial charge on any atom is 0.255 e. The molecule has 0 bridgehead atoms. The van der Waals surface area contributed by atoms with Crippen molar-refractivity contribution in [1.29, 1.82) is 0 Å². The van der Waals surface area contributed by atoms with Crippen LogP contribution in [0.3, 0.4) is 0 Å². The lowest BCUT2D eigenvalue weighted by Gasteiger charge is -2.26. The summed E-state index contributed by atoms with van der Waals surface area (Å²) >= 11 is 0. The molecule has 0 amide bonds. The number of aliphatic hydroxyl groups is 1. The van der Waals surface area contributed by atoms with Gasteiger partial charge in [0.1, 0.15) is 0 Å². The fraction of sp³-hybridized carbons (Fsp3) is 0.455. The molecule has 16 heavy (non-hydrogen) atoms. The van der Waals surface area contributed by atoms with Crippen LogP contribution in [-0.4, -0.2) is 31.2 Å². The van der Waals surface area contributed by atoms with E-state index in [1.807, 2.05) is 13.0 Å². The van der Waals surface area contributed by atoms with E-state index in [1.54, 1.807) is 12.1 Å². The molecule has 0 aromatic heterocycles. The molecule has 0 aliphatic carbocycles. The minimum Gasteiger partial charge on any atom is -0.397 e. The molecule has 3 nitrogen and oxygen atoms in total. The van der Waals surface area contributed by atoms with Crippen molar-refractivity contribution in [1.82, 2.24) is 0 Å². The monoisotopic (exact) mass is 230 g/mol. The number of hydrogen-bond acceptors (Lipinski definition) is 3. The Bertz CT molecular complexity index is 325. The Morgan fingerprint density at radius 2 is 2.12 bits per heavy atom. The van der Waals surface area contributed by atoms with Gasteiger partial charge in [-0.15, -0.1) is 0 Å². The highest BCUT2D eigenvalue weighted by Gasteiger charge is 2.16. The van der Waals surface area contributed by atoms with Crippen LogP contribution in [0.15, 0.2) is 18.2 Å². The van der Waals surface area contributed by atoms with Gasteiger partial charge in [-0.3, -0.25) is 0 Å². The molecule has 0 saturated heterocycles. The van der Waals surface area contributed by atoms with Gasteiger partial charge in [0.2, 0.25) is 0 Å². The van der Waals surface area contributed by atoms with Gasteiger partial charge in [-0.1, -0.05) is 12.1 Å². The molecule has 0 spiro atoms. The van der Waals surface area contributed by atoms with E-state index in [2.05, 4.69) is 0 Å². The summed E-state index contributed by atoms with van der Waals surface area (Å²) in [6.07, 6.45) is -2.45. The fourth-order valence-electron chi connectivity index (χ4n) is 1.70. The summed E-state index contributed by atoms with van der Waals surface area (Å²) in [5.41, 5.74) is 7.62. The fourth-order valence-corrected chi connectivity index (χ4v) is 1.70. The topological polar surface area (TPSA) is 49.5 Å². The largest absolute Gasteiger partial charge is 0.397 e. The van der Waals surface area contributed by atoms with Crippen LogP contribution in [0.2, 0.25) is 0 Å². The lowest BCUT2D eigenvalue weighted by Crippen LogP contribution is -2.32. The van der Waals surface area contributed by atoms with E-state index in [9.17, 15) is 8.78 Å². The number of nitrogen functional groups attached to an aromatic ring is 1. The van der Waals surface area contributed by atoms with E-state index in [0.717, 1.165) is 5.56 Å². The Morgan fingerprint density at radius 3 is 2.62 bits per heavy atom. The van der Waals surface area contributed by atoms with E-state index in [1.165, 1.54) is 4.90 Å². The normalized spacial score (nSPS) is 10.8. The van der Waals surface area contributed by atoms with Crippen LogP contribution >= 0.6 is 0 Å². The zero-order valence-corrected chi connectivity index (χ0v) is 9.16. The number of para-hydroxylation sites is 1. The van der Waals surface area contributed by atoms with Gasteiger partial charge in [-0.2, -0.15) is 0 Å². The zero-order chi connectivity index (χ0) is 12.1. The van der Waals surface area contributed by atoms with Crippen LogP contribution < -0.4 is 10.6 Å². The van der Waals surface area contributed by atoms with Crippen LogP contribution in [0, 0.1) is 6.92 Å². The minimum absolute atomic E-state index is 0.152. The second-order valence-corrected chi connectivity index (χ2v) is 3.57. The maximum atomic E-state index is 12.4. The number of rotatable bonds is 5. The SMILES string of the molecule is Cc1cccc(N)c1N(CCO)CC(F)F. The number of benzene rings is 1. The zero-order valence-electron chi connectivity index (χ0n) is 9.16. The van der Waals surface area contributed by atoms with Crippen LogP contribution in [0.5, 0.6) is 0 Å². The lowest BCUT2D eigenvalue weighted by atomic mass is 10.1. The Labute approximate surface area is 93.5 Å². The quantitative estimate of drug-likeness (QED) is 0.756. The van der Waals surface area contributed by atoms with Crippen molar-refractivity contribution < 1.29 is 13.9 Å². The highest BCUT2D eigenvalue weighted by Crippen LogP contribution is 2.27. The number of hydrogen-bond donors (Lipinski definition) is 2. The van der Waals surface area contributed by atoms with E-state index in [-0.39, 0.29) is 13.2 Å². The van der Waals surface area contributed by atoms with Gasteiger partial charge in [-0.25, -0.2) is 8.78 Å². The molecular weight excluding hydrogens is 214 g/mol. The third-order valence-corrected chi connectivity index (χ3v) is 2.31. The molecule has 90 valence electrons. The predicted molar refractivity (Wildman–Crippen MR) is 60.9 cm³/mol. The number of anilines is 2. The molecule has 0 saturated carbocycles. The van der Waals surface area contributed by atoms with Crippen molar-refractivity contribution in [2.75, 3.05) is 30.3 Å². The van der Waals surface area contributed by atoms with E-state index in [0.29, 0.717) is 11.4 Å². The summed E-state index contributed by atoms with van der Waals surface area (Å²) < 4.78 is 24.8. The Balaban J connectivity index is 3.00. The van der Waals surface area contributed by atoms with Gasteiger partial charge in [-0.05, 0) is 18.6 Å². The van der Waals surface area contributed by atoms with Crippen molar-refractivity contribution in [2.45, 2.75) is 13.3 Å². The van der Waals surface area contributed by atoms with Crippen LogP contribution in [0.1, 0.15) is 5.56 Å². The Kier molecular flexibility index (Phi) is 4.49. The average Bonchev–Trinajstić information content (AvgIpc) is 2.16. The van der Waals surface area contributed by atoms with E-state index < -0.39 is 13.0 Å². The van der Waals surface area contributed by atoms with Crippen LogP contribution in [0.25, 0.3) is 0 Å². The highest BCUT2D eigenvalue weighted by molar-refractivity contribution is 5.71. The molecule has 0 aliphatic heterocycles. The number of nitrogens with zero attached hydrogens (tertiary/aromatic N) is 1. The lowest BCUT2D eigenvalue weighted by molar-refractivity contribution is 0.153. The molecule has 5 heteroatoms. The van der Waals surface area contributed by atoms with Gasteiger partial charge in [0, 0.05) is 6.54 Å². The van der Waals surface area contributed by atoms with Crippen LogP contribution in [0.4, 0.5) is 20.2 Å². The molecule has 0 fully saturated rings. The number of halogens is 2. The summed E-state index contributed by atoms with van der Waals surface area (Å²) in [5, 5.41) is 8.87. The van der Waals surface area contributed by atoms with Crippen molar-refractivity contribution in [3.8, 4) is 0 Å². The van der Waals surface area contributed by atoms with Crippen LogP contribution in [-0.2, 0) is 0 Å². The molecule has 0 heterocycles. The molecule has 0 aliphatic rings. The molecule has 1 aromatic rings. The van der Waals surface area contributed by atoms with Gasteiger partial charge < -0.3 is 15.7 Å². The summed E-state index contributed by atoms with van der Waals surface area (Å²) in [4.78, 5) is 1.41. The summed E-state index contributed by atoms with van der Waals surface area (Å²) in [6.45, 7) is 1.36. The third kappa shape index (κ3) is 3.06. The van der Waals surface area contributed by atoms with Gasteiger partial charge >= 0.3 is 0 Å². The molecular formula is C11H16F2N2O. The van der Waals surface area contributed by atoms with E-state index in [4.69, 9.17) is 10.8 Å². The van der Waals surface area contributed by atoms with Crippen molar-refractivity contribution in [3.05, 3.63) is 23.8 Å².